The Labute approximate surface area is 186 Å². The summed E-state index contributed by atoms with van der Waals surface area (Å²) in [6.45, 7) is 1.82. The molecule has 1 aromatic carbocycles. The molecule has 1 aliphatic carbocycles. The van der Waals surface area contributed by atoms with Gasteiger partial charge in [0.25, 0.3) is 0 Å². The zero-order valence-corrected chi connectivity index (χ0v) is 18.1. The first-order valence-corrected chi connectivity index (χ1v) is 9.92. The molecule has 1 heterocycles. The van der Waals surface area contributed by atoms with Crippen LogP contribution in [0.25, 0.3) is 0 Å². The van der Waals surface area contributed by atoms with E-state index in [1.807, 2.05) is 6.92 Å². The minimum atomic E-state index is -0.663. The van der Waals surface area contributed by atoms with Crippen LogP contribution >= 0.6 is 24.0 Å². The number of carbonyl (C=O) groups is 2. The zero-order valence-electron chi connectivity index (χ0n) is 16.5. The summed E-state index contributed by atoms with van der Waals surface area (Å²) in [6, 6.07) is 5.50. The van der Waals surface area contributed by atoms with Crippen molar-refractivity contribution in [3.63, 3.8) is 0 Å². The number of ketones is 1. The summed E-state index contributed by atoms with van der Waals surface area (Å²) in [5.41, 5.74) is 11.2. The van der Waals surface area contributed by atoms with Crippen molar-refractivity contribution in [2.24, 2.45) is 11.7 Å². The molecule has 0 bridgehead atoms. The third-order valence-corrected chi connectivity index (χ3v) is 5.35. The van der Waals surface area contributed by atoms with Gasteiger partial charge >= 0.3 is 0 Å². The molecule has 1 fully saturated rings. The molecule has 2 atom stereocenters. The van der Waals surface area contributed by atoms with Gasteiger partial charge in [0.15, 0.2) is 5.78 Å². The molecule has 0 unspecified atom stereocenters. The number of anilines is 1. The number of amides is 1. The molecule has 162 valence electrons. The number of rotatable bonds is 9. The van der Waals surface area contributed by atoms with E-state index in [0.29, 0.717) is 17.9 Å². The lowest BCUT2D eigenvalue weighted by Crippen LogP contribution is -2.35. The molecule has 1 saturated carbocycles. The summed E-state index contributed by atoms with van der Waals surface area (Å²) in [6.07, 6.45) is 4.31. The predicted octanol–water partition coefficient (Wildman–Crippen LogP) is 3.80. The Balaban J connectivity index is 0.00000320. The SMILES string of the molecule is C[C@H](CC(N)=O)N[C@H](CC1CC1)c1ccc(Cl)c(C(=O)c2ccc(N)nc2)c1F.Cl. The van der Waals surface area contributed by atoms with Crippen LogP contribution in [0.4, 0.5) is 10.2 Å². The number of nitrogens with one attached hydrogen (secondary N) is 1. The van der Waals surface area contributed by atoms with Crippen LogP contribution in [-0.2, 0) is 4.79 Å². The molecule has 0 spiro atoms. The van der Waals surface area contributed by atoms with E-state index >= 15 is 4.39 Å². The van der Waals surface area contributed by atoms with Crippen LogP contribution < -0.4 is 16.8 Å². The van der Waals surface area contributed by atoms with Crippen LogP contribution in [-0.4, -0.2) is 22.7 Å². The summed E-state index contributed by atoms with van der Waals surface area (Å²) in [7, 11) is 0. The van der Waals surface area contributed by atoms with Gasteiger partial charge in [0.1, 0.15) is 11.6 Å². The van der Waals surface area contributed by atoms with Crippen LogP contribution in [0.15, 0.2) is 30.5 Å². The van der Waals surface area contributed by atoms with Crippen LogP contribution in [0.3, 0.4) is 0 Å². The highest BCUT2D eigenvalue weighted by atomic mass is 35.5. The molecule has 3 rings (SSSR count). The maximum atomic E-state index is 15.5. The summed E-state index contributed by atoms with van der Waals surface area (Å²) >= 11 is 6.19. The number of benzene rings is 1. The van der Waals surface area contributed by atoms with Gasteiger partial charge in [0.05, 0.1) is 10.6 Å². The Morgan fingerprint density at radius 2 is 2.00 bits per heavy atom. The molecule has 30 heavy (non-hydrogen) atoms. The first-order valence-electron chi connectivity index (χ1n) is 9.54. The third-order valence-electron chi connectivity index (χ3n) is 5.03. The number of nitrogens with zero attached hydrogens (tertiary/aromatic N) is 1. The molecule has 9 heteroatoms. The minimum Gasteiger partial charge on any atom is -0.384 e. The van der Waals surface area contributed by atoms with Crippen LogP contribution in [0.1, 0.15) is 60.1 Å². The molecule has 1 amide bonds. The highest BCUT2D eigenvalue weighted by Gasteiger charge is 2.31. The van der Waals surface area contributed by atoms with Gasteiger partial charge in [-0.1, -0.05) is 30.5 Å². The number of aromatic nitrogens is 1. The summed E-state index contributed by atoms with van der Waals surface area (Å²) in [4.78, 5) is 28.0. The second-order valence-electron chi connectivity index (χ2n) is 7.60. The van der Waals surface area contributed by atoms with Gasteiger partial charge in [-0.05, 0) is 37.5 Å². The smallest absolute Gasteiger partial charge is 0.218 e. The Hall–Kier alpha value is -2.22. The van der Waals surface area contributed by atoms with E-state index in [-0.39, 0.29) is 52.9 Å². The number of nitrogen functional groups attached to an aromatic ring is 1. The Morgan fingerprint density at radius 1 is 1.30 bits per heavy atom. The zero-order chi connectivity index (χ0) is 21.1. The minimum absolute atomic E-state index is 0. The summed E-state index contributed by atoms with van der Waals surface area (Å²) in [5, 5.41) is 3.32. The van der Waals surface area contributed by atoms with Crippen molar-refractivity contribution in [3.8, 4) is 0 Å². The largest absolute Gasteiger partial charge is 0.384 e. The number of primary amides is 1. The normalized spacial score (nSPS) is 15.2. The molecule has 0 radical (unpaired) electrons. The first-order chi connectivity index (χ1) is 13.8. The van der Waals surface area contributed by atoms with Crippen LogP contribution in [0.5, 0.6) is 0 Å². The molecular formula is C21H25Cl2FN4O2. The number of nitrogens with two attached hydrogens (primary N) is 2. The van der Waals surface area contributed by atoms with Gasteiger partial charge in [0, 0.05) is 35.8 Å². The maximum absolute atomic E-state index is 15.5. The molecule has 1 aromatic heterocycles. The number of carbonyl (C=O) groups excluding carboxylic acids is 2. The summed E-state index contributed by atoms with van der Waals surface area (Å²) < 4.78 is 15.5. The summed E-state index contributed by atoms with van der Waals surface area (Å²) in [5.74, 6) is -0.901. The fraction of sp³-hybridized carbons (Fsp3) is 0.381. The highest BCUT2D eigenvalue weighted by molar-refractivity contribution is 6.35. The van der Waals surface area contributed by atoms with Gasteiger partial charge in [-0.3, -0.25) is 9.59 Å². The van der Waals surface area contributed by atoms with E-state index in [9.17, 15) is 9.59 Å². The quantitative estimate of drug-likeness (QED) is 0.498. The second-order valence-corrected chi connectivity index (χ2v) is 8.00. The van der Waals surface area contributed by atoms with Gasteiger partial charge < -0.3 is 16.8 Å². The van der Waals surface area contributed by atoms with Crippen LogP contribution in [0, 0.1) is 11.7 Å². The Bertz CT molecular complexity index is 920. The topological polar surface area (TPSA) is 111 Å². The van der Waals surface area contributed by atoms with E-state index < -0.39 is 17.5 Å². The fourth-order valence-electron chi connectivity index (χ4n) is 3.41. The standard InChI is InChI=1S/C21H24ClFN4O2.ClH/c1-11(8-18(25)28)27-16(9-12-2-3-12)14-5-6-15(22)19(20(14)23)21(29)13-4-7-17(24)26-10-13;/h4-7,10-12,16,27H,2-3,8-9H2,1H3,(H2,24,26)(H2,25,28);1H/t11-,16-;/m1./s1. The van der Waals surface area contributed by atoms with Gasteiger partial charge in [-0.25, -0.2) is 9.37 Å². The number of halogens is 3. The van der Waals surface area contributed by atoms with E-state index in [4.69, 9.17) is 23.1 Å². The van der Waals surface area contributed by atoms with Crippen molar-refractivity contribution >= 4 is 41.5 Å². The van der Waals surface area contributed by atoms with Crippen molar-refractivity contribution in [2.45, 2.75) is 44.7 Å². The molecule has 1 aliphatic rings. The number of hydrogen-bond donors (Lipinski definition) is 3. The second kappa shape index (κ2) is 10.2. The van der Waals surface area contributed by atoms with Crippen molar-refractivity contribution in [1.29, 1.82) is 0 Å². The van der Waals surface area contributed by atoms with E-state index in [1.165, 1.54) is 24.4 Å². The average molecular weight is 455 g/mol. The first kappa shape index (κ1) is 24.1. The number of pyridine rings is 1. The molecule has 2 aromatic rings. The van der Waals surface area contributed by atoms with E-state index in [2.05, 4.69) is 10.3 Å². The Kier molecular flexibility index (Phi) is 8.18. The van der Waals surface area contributed by atoms with E-state index in [0.717, 1.165) is 12.8 Å². The van der Waals surface area contributed by atoms with Gasteiger partial charge in [0.2, 0.25) is 5.91 Å². The van der Waals surface area contributed by atoms with Gasteiger partial charge in [-0.15, -0.1) is 12.4 Å². The molecular weight excluding hydrogens is 430 g/mol. The van der Waals surface area contributed by atoms with E-state index in [1.54, 1.807) is 6.07 Å². The fourth-order valence-corrected chi connectivity index (χ4v) is 3.64. The van der Waals surface area contributed by atoms with Gasteiger partial charge in [-0.2, -0.15) is 0 Å². The maximum Gasteiger partial charge on any atom is 0.218 e. The number of hydrogen-bond acceptors (Lipinski definition) is 5. The van der Waals surface area contributed by atoms with Crippen molar-refractivity contribution in [2.75, 3.05) is 5.73 Å². The molecule has 0 aliphatic heterocycles. The predicted molar refractivity (Wildman–Crippen MR) is 117 cm³/mol. The lowest BCUT2D eigenvalue weighted by Gasteiger charge is -2.24. The highest BCUT2D eigenvalue weighted by Crippen LogP contribution is 2.39. The molecule has 5 N–H and O–H groups in total. The van der Waals surface area contributed by atoms with Crippen molar-refractivity contribution in [3.05, 3.63) is 58.0 Å². The molecule has 6 nitrogen and oxygen atoms in total. The Morgan fingerprint density at radius 3 is 2.57 bits per heavy atom. The average Bonchev–Trinajstić information content (AvgIpc) is 3.45. The van der Waals surface area contributed by atoms with Crippen molar-refractivity contribution in [1.82, 2.24) is 10.3 Å². The lowest BCUT2D eigenvalue weighted by molar-refractivity contribution is -0.118. The van der Waals surface area contributed by atoms with Crippen molar-refractivity contribution < 1.29 is 14.0 Å². The third kappa shape index (κ3) is 5.90. The van der Waals surface area contributed by atoms with Crippen LogP contribution in [0.2, 0.25) is 5.02 Å². The lowest BCUT2D eigenvalue weighted by atomic mass is 9.94. The molecule has 0 saturated heterocycles. The monoisotopic (exact) mass is 454 g/mol.